The number of hydrogen-bond donors (Lipinski definition) is 1. The molecule has 2 rings (SSSR count). The van der Waals surface area contributed by atoms with Gasteiger partial charge in [-0.2, -0.15) is 0 Å². The van der Waals surface area contributed by atoms with Gasteiger partial charge in [0.25, 0.3) is 0 Å². The molecule has 100 valence electrons. The summed E-state index contributed by atoms with van der Waals surface area (Å²) in [5, 5.41) is 0. The van der Waals surface area contributed by atoms with E-state index in [1.807, 2.05) is 19.1 Å². The second-order valence-corrected chi connectivity index (χ2v) is 5.82. The zero-order valence-electron chi connectivity index (χ0n) is 11.1. The van der Waals surface area contributed by atoms with Crippen molar-refractivity contribution in [3.05, 3.63) is 68.9 Å². The van der Waals surface area contributed by atoms with E-state index in [-0.39, 0.29) is 11.9 Å². The lowest BCUT2D eigenvalue weighted by molar-refractivity contribution is 0.592. The van der Waals surface area contributed by atoms with Crippen molar-refractivity contribution in [2.75, 3.05) is 0 Å². The van der Waals surface area contributed by atoms with Gasteiger partial charge in [-0.3, -0.25) is 0 Å². The number of halogens is 2. The molecule has 0 aliphatic heterocycles. The quantitative estimate of drug-likeness (QED) is 0.888. The monoisotopic (exact) mass is 321 g/mol. The first-order chi connectivity index (χ1) is 8.97. The van der Waals surface area contributed by atoms with Crippen LogP contribution < -0.4 is 5.73 Å². The summed E-state index contributed by atoms with van der Waals surface area (Å²) in [7, 11) is 0. The highest BCUT2D eigenvalue weighted by molar-refractivity contribution is 9.10. The van der Waals surface area contributed by atoms with E-state index in [0.717, 1.165) is 15.6 Å². The Morgan fingerprint density at radius 3 is 2.58 bits per heavy atom. The van der Waals surface area contributed by atoms with Crippen molar-refractivity contribution in [2.45, 2.75) is 26.3 Å². The molecule has 0 saturated heterocycles. The Bertz CT molecular complexity index is 595. The van der Waals surface area contributed by atoms with Gasteiger partial charge in [-0.25, -0.2) is 4.39 Å². The van der Waals surface area contributed by atoms with Crippen molar-refractivity contribution < 1.29 is 4.39 Å². The van der Waals surface area contributed by atoms with Crippen molar-refractivity contribution in [1.29, 1.82) is 0 Å². The first kappa shape index (κ1) is 14.2. The summed E-state index contributed by atoms with van der Waals surface area (Å²) in [5.74, 6) is -0.205. The molecule has 0 heterocycles. The molecule has 0 fully saturated rings. The Morgan fingerprint density at radius 1 is 1.16 bits per heavy atom. The molecular weight excluding hydrogens is 305 g/mol. The van der Waals surface area contributed by atoms with Crippen molar-refractivity contribution in [3.8, 4) is 0 Å². The largest absolute Gasteiger partial charge is 0.324 e. The molecule has 3 heteroatoms. The van der Waals surface area contributed by atoms with E-state index >= 15 is 0 Å². The zero-order valence-corrected chi connectivity index (χ0v) is 12.7. The van der Waals surface area contributed by atoms with Crippen molar-refractivity contribution in [2.24, 2.45) is 5.73 Å². The smallest absolute Gasteiger partial charge is 0.126 e. The minimum Gasteiger partial charge on any atom is -0.324 e. The molecule has 19 heavy (non-hydrogen) atoms. The second-order valence-electron chi connectivity index (χ2n) is 4.91. The first-order valence-electron chi connectivity index (χ1n) is 6.24. The minimum absolute atomic E-state index is 0.190. The van der Waals surface area contributed by atoms with Gasteiger partial charge in [0.05, 0.1) is 0 Å². The molecule has 0 spiro atoms. The van der Waals surface area contributed by atoms with Gasteiger partial charge in [-0.15, -0.1) is 0 Å². The van der Waals surface area contributed by atoms with Crippen LogP contribution in [-0.4, -0.2) is 0 Å². The number of hydrogen-bond acceptors (Lipinski definition) is 1. The standard InChI is InChI=1S/C16H17BrFN/c1-10-3-5-14(11(2)7-10)16(19)9-12-8-13(17)4-6-15(12)18/h3-8,16H,9,19H2,1-2H3. The average Bonchev–Trinajstić information content (AvgIpc) is 2.33. The molecule has 0 aromatic heterocycles. The summed E-state index contributed by atoms with van der Waals surface area (Å²) in [6, 6.07) is 10.9. The van der Waals surface area contributed by atoms with Crippen LogP contribution in [-0.2, 0) is 6.42 Å². The lowest BCUT2D eigenvalue weighted by atomic mass is 9.95. The maximum absolute atomic E-state index is 13.7. The molecule has 0 radical (unpaired) electrons. The molecule has 1 unspecified atom stereocenters. The minimum atomic E-state index is -0.205. The molecule has 0 aliphatic carbocycles. The van der Waals surface area contributed by atoms with Gasteiger partial charge in [0.15, 0.2) is 0 Å². The molecule has 2 aromatic carbocycles. The zero-order chi connectivity index (χ0) is 14.0. The van der Waals surface area contributed by atoms with Crippen LogP contribution in [0.5, 0.6) is 0 Å². The van der Waals surface area contributed by atoms with Gasteiger partial charge in [0.1, 0.15) is 5.82 Å². The summed E-state index contributed by atoms with van der Waals surface area (Å²) < 4.78 is 14.6. The highest BCUT2D eigenvalue weighted by Crippen LogP contribution is 2.23. The van der Waals surface area contributed by atoms with E-state index in [1.54, 1.807) is 12.1 Å². The van der Waals surface area contributed by atoms with Gasteiger partial charge in [0, 0.05) is 10.5 Å². The highest BCUT2D eigenvalue weighted by atomic mass is 79.9. The number of aryl methyl sites for hydroxylation is 2. The van der Waals surface area contributed by atoms with Crippen LogP contribution in [0.3, 0.4) is 0 Å². The van der Waals surface area contributed by atoms with Crippen LogP contribution in [0.1, 0.15) is 28.3 Å². The maximum atomic E-state index is 13.7. The first-order valence-corrected chi connectivity index (χ1v) is 7.03. The van der Waals surface area contributed by atoms with E-state index in [9.17, 15) is 4.39 Å². The van der Waals surface area contributed by atoms with Gasteiger partial charge < -0.3 is 5.73 Å². The fraction of sp³-hybridized carbons (Fsp3) is 0.250. The second kappa shape index (κ2) is 5.85. The Labute approximate surface area is 121 Å². The van der Waals surface area contributed by atoms with E-state index in [0.29, 0.717) is 12.0 Å². The van der Waals surface area contributed by atoms with Crippen molar-refractivity contribution in [1.82, 2.24) is 0 Å². The van der Waals surface area contributed by atoms with Gasteiger partial charge in [-0.05, 0) is 55.2 Å². The molecule has 0 bridgehead atoms. The third-order valence-electron chi connectivity index (χ3n) is 3.27. The van der Waals surface area contributed by atoms with Crippen LogP contribution in [0.2, 0.25) is 0 Å². The Morgan fingerprint density at radius 2 is 1.89 bits per heavy atom. The molecule has 0 amide bonds. The molecule has 2 N–H and O–H groups in total. The predicted molar refractivity (Wildman–Crippen MR) is 80.6 cm³/mol. The van der Waals surface area contributed by atoms with Gasteiger partial charge in [-0.1, -0.05) is 39.7 Å². The summed E-state index contributed by atoms with van der Waals surface area (Å²) >= 11 is 3.36. The Kier molecular flexibility index (Phi) is 4.38. The van der Waals surface area contributed by atoms with Gasteiger partial charge in [0.2, 0.25) is 0 Å². The summed E-state index contributed by atoms with van der Waals surface area (Å²) in [4.78, 5) is 0. The molecule has 1 nitrogen and oxygen atoms in total. The summed E-state index contributed by atoms with van der Waals surface area (Å²) in [6.07, 6.45) is 0.495. The SMILES string of the molecule is Cc1ccc(C(N)Cc2cc(Br)ccc2F)c(C)c1. The third-order valence-corrected chi connectivity index (χ3v) is 3.77. The molecule has 0 aliphatic rings. The average molecular weight is 322 g/mol. The van der Waals surface area contributed by atoms with Crippen molar-refractivity contribution >= 4 is 15.9 Å². The molecule has 2 aromatic rings. The highest BCUT2D eigenvalue weighted by Gasteiger charge is 2.12. The lowest BCUT2D eigenvalue weighted by Gasteiger charge is -2.16. The molecular formula is C16H17BrFN. The number of benzene rings is 2. The van der Waals surface area contributed by atoms with Crippen molar-refractivity contribution in [3.63, 3.8) is 0 Å². The number of nitrogens with two attached hydrogens (primary N) is 1. The lowest BCUT2D eigenvalue weighted by Crippen LogP contribution is -2.15. The van der Waals surface area contributed by atoms with Crippen LogP contribution in [0.25, 0.3) is 0 Å². The molecule has 0 saturated carbocycles. The Balaban J connectivity index is 2.25. The number of rotatable bonds is 3. The fourth-order valence-electron chi connectivity index (χ4n) is 2.29. The van der Waals surface area contributed by atoms with E-state index in [4.69, 9.17) is 5.73 Å². The Hall–Kier alpha value is -1.19. The van der Waals surface area contributed by atoms with E-state index in [2.05, 4.69) is 28.9 Å². The predicted octanol–water partition coefficient (Wildman–Crippen LogP) is 4.45. The van der Waals surface area contributed by atoms with Crippen LogP contribution >= 0.6 is 15.9 Å². The van der Waals surface area contributed by atoms with E-state index < -0.39 is 0 Å². The van der Waals surface area contributed by atoms with Crippen LogP contribution in [0.15, 0.2) is 40.9 Å². The molecule has 1 atom stereocenters. The summed E-state index contributed by atoms with van der Waals surface area (Å²) in [6.45, 7) is 4.09. The van der Waals surface area contributed by atoms with Gasteiger partial charge >= 0.3 is 0 Å². The summed E-state index contributed by atoms with van der Waals surface area (Å²) in [5.41, 5.74) is 10.3. The normalized spacial score (nSPS) is 12.5. The topological polar surface area (TPSA) is 26.0 Å². The van der Waals surface area contributed by atoms with Crippen LogP contribution in [0.4, 0.5) is 4.39 Å². The maximum Gasteiger partial charge on any atom is 0.126 e. The fourth-order valence-corrected chi connectivity index (χ4v) is 2.70. The van der Waals surface area contributed by atoms with Crippen LogP contribution in [0, 0.1) is 19.7 Å². The third kappa shape index (κ3) is 3.43. The van der Waals surface area contributed by atoms with E-state index in [1.165, 1.54) is 11.6 Å².